The minimum absolute atomic E-state index is 0.111. The number of carbonyl (C=O) groups is 1. The van der Waals surface area contributed by atoms with Gasteiger partial charge in [-0.05, 0) is 35.5 Å². The van der Waals surface area contributed by atoms with Crippen molar-refractivity contribution in [2.75, 3.05) is 0 Å². The van der Waals surface area contributed by atoms with E-state index in [4.69, 9.17) is 0 Å². The molecule has 0 radical (unpaired) electrons. The lowest BCUT2D eigenvalue weighted by molar-refractivity contribution is -0.394. The molecule has 1 saturated carbocycles. The Bertz CT molecular complexity index is 771. The van der Waals surface area contributed by atoms with Gasteiger partial charge >= 0.3 is 5.95 Å². The molecule has 0 atom stereocenters. The highest BCUT2D eigenvalue weighted by Gasteiger charge is 2.27. The highest BCUT2D eigenvalue weighted by atomic mass is 19.1. The lowest BCUT2D eigenvalue weighted by Gasteiger charge is -2.34. The minimum Gasteiger partial charge on any atom is -0.390 e. The Labute approximate surface area is 149 Å². The van der Waals surface area contributed by atoms with E-state index in [2.05, 4.69) is 10.1 Å². The van der Waals surface area contributed by atoms with Gasteiger partial charge in [0, 0.05) is 17.7 Å². The van der Waals surface area contributed by atoms with Crippen LogP contribution in [-0.4, -0.2) is 36.5 Å². The van der Waals surface area contributed by atoms with Gasteiger partial charge in [0.05, 0.1) is 0 Å². The molecule has 0 spiro atoms. The predicted octanol–water partition coefficient (Wildman–Crippen LogP) is 2.69. The van der Waals surface area contributed by atoms with Gasteiger partial charge in [0.2, 0.25) is 12.2 Å². The van der Waals surface area contributed by atoms with E-state index < -0.39 is 10.9 Å². The largest absolute Gasteiger partial charge is 0.490 e. The van der Waals surface area contributed by atoms with Crippen molar-refractivity contribution in [3.63, 3.8) is 0 Å². The number of aromatic nitrogens is 3. The molecular weight excluding hydrogens is 341 g/mol. The monoisotopic (exact) mass is 361 g/mol. The minimum atomic E-state index is -0.696. The van der Waals surface area contributed by atoms with Gasteiger partial charge in [0.25, 0.3) is 0 Å². The van der Waals surface area contributed by atoms with Crippen LogP contribution in [0.2, 0.25) is 0 Å². The van der Waals surface area contributed by atoms with Crippen LogP contribution in [-0.2, 0) is 17.9 Å². The molecule has 3 rings (SSSR count). The number of amides is 1. The van der Waals surface area contributed by atoms with Crippen LogP contribution in [0, 0.1) is 15.9 Å². The van der Waals surface area contributed by atoms with E-state index in [-0.39, 0.29) is 24.3 Å². The van der Waals surface area contributed by atoms with Crippen LogP contribution < -0.4 is 0 Å². The van der Waals surface area contributed by atoms with Crippen LogP contribution in [0.1, 0.15) is 37.7 Å². The van der Waals surface area contributed by atoms with E-state index in [0.29, 0.717) is 6.54 Å². The van der Waals surface area contributed by atoms with Gasteiger partial charge in [-0.1, -0.05) is 36.4 Å². The van der Waals surface area contributed by atoms with E-state index in [0.717, 1.165) is 37.7 Å². The molecule has 1 heterocycles. The Hall–Kier alpha value is -2.84. The lowest BCUT2D eigenvalue weighted by atomic mass is 9.93. The lowest BCUT2D eigenvalue weighted by Crippen LogP contribution is -2.42. The molecule has 2 aromatic rings. The zero-order valence-corrected chi connectivity index (χ0v) is 14.3. The van der Waals surface area contributed by atoms with E-state index >= 15 is 0 Å². The highest BCUT2D eigenvalue weighted by Crippen LogP contribution is 2.24. The van der Waals surface area contributed by atoms with Crippen molar-refractivity contribution in [2.45, 2.75) is 51.2 Å². The molecule has 9 heteroatoms. The first-order valence-corrected chi connectivity index (χ1v) is 8.60. The van der Waals surface area contributed by atoms with Gasteiger partial charge in [0.1, 0.15) is 12.4 Å². The van der Waals surface area contributed by atoms with Crippen molar-refractivity contribution in [1.82, 2.24) is 19.7 Å². The van der Waals surface area contributed by atoms with Crippen molar-refractivity contribution in [3.05, 3.63) is 52.1 Å². The zero-order chi connectivity index (χ0) is 18.5. The van der Waals surface area contributed by atoms with Crippen LogP contribution in [0.5, 0.6) is 0 Å². The van der Waals surface area contributed by atoms with Gasteiger partial charge < -0.3 is 15.0 Å². The van der Waals surface area contributed by atoms with Crippen LogP contribution in [0.3, 0.4) is 0 Å². The van der Waals surface area contributed by atoms with E-state index in [1.807, 2.05) is 0 Å². The summed E-state index contributed by atoms with van der Waals surface area (Å²) in [4.78, 5) is 28.2. The molecule has 0 unspecified atom stereocenters. The Balaban J connectivity index is 1.75. The summed E-state index contributed by atoms with van der Waals surface area (Å²) in [5.41, 5.74) is 0.842. The molecule has 1 aliphatic rings. The third kappa shape index (κ3) is 4.41. The van der Waals surface area contributed by atoms with E-state index in [1.165, 1.54) is 23.1 Å². The summed E-state index contributed by atoms with van der Waals surface area (Å²) in [5, 5.41) is 14.4. The SMILES string of the molecule is O=C(Cn1cnc([N+](=O)[O-])n1)N(Cc1ccc(F)cc1)C1CCCCC1. The Morgan fingerprint density at radius 2 is 1.96 bits per heavy atom. The van der Waals surface area contributed by atoms with Gasteiger partial charge in [0.15, 0.2) is 0 Å². The van der Waals surface area contributed by atoms with Crippen LogP contribution >= 0.6 is 0 Å². The molecule has 8 nitrogen and oxygen atoms in total. The molecule has 0 bridgehead atoms. The van der Waals surface area contributed by atoms with Gasteiger partial charge in [-0.15, -0.1) is 0 Å². The van der Waals surface area contributed by atoms with Gasteiger partial charge in [-0.2, -0.15) is 4.68 Å². The summed E-state index contributed by atoms with van der Waals surface area (Å²) in [6.07, 6.45) is 6.31. The number of carbonyl (C=O) groups excluding carboxylic acids is 1. The van der Waals surface area contributed by atoms with Crippen molar-refractivity contribution < 1.29 is 14.1 Å². The van der Waals surface area contributed by atoms with E-state index in [1.54, 1.807) is 17.0 Å². The summed E-state index contributed by atoms with van der Waals surface area (Å²) in [6.45, 7) is 0.263. The summed E-state index contributed by atoms with van der Waals surface area (Å²) in [7, 11) is 0. The van der Waals surface area contributed by atoms with Crippen LogP contribution in [0.25, 0.3) is 0 Å². The number of hydrogen-bond acceptors (Lipinski definition) is 5. The fraction of sp³-hybridized carbons (Fsp3) is 0.471. The predicted molar refractivity (Wildman–Crippen MR) is 90.5 cm³/mol. The molecule has 1 fully saturated rings. The van der Waals surface area contributed by atoms with Gasteiger partial charge in [-0.3, -0.25) is 4.79 Å². The van der Waals surface area contributed by atoms with E-state index in [9.17, 15) is 19.3 Å². The van der Waals surface area contributed by atoms with Gasteiger partial charge in [-0.25, -0.2) is 4.39 Å². The maximum atomic E-state index is 13.1. The number of halogens is 1. The topological polar surface area (TPSA) is 94.2 Å². The number of rotatable bonds is 6. The normalized spacial score (nSPS) is 15.0. The third-order valence-electron chi connectivity index (χ3n) is 4.59. The molecule has 0 saturated heterocycles. The zero-order valence-electron chi connectivity index (χ0n) is 14.3. The number of hydrogen-bond donors (Lipinski definition) is 0. The second-order valence-corrected chi connectivity index (χ2v) is 6.44. The van der Waals surface area contributed by atoms with Crippen molar-refractivity contribution in [3.8, 4) is 0 Å². The number of benzene rings is 1. The fourth-order valence-corrected chi connectivity index (χ4v) is 3.27. The summed E-state index contributed by atoms with van der Waals surface area (Å²) < 4.78 is 14.3. The third-order valence-corrected chi connectivity index (χ3v) is 4.59. The summed E-state index contributed by atoms with van der Waals surface area (Å²) in [6, 6.07) is 6.19. The molecular formula is C17H20FN5O3. The molecule has 0 aliphatic heterocycles. The van der Waals surface area contributed by atoms with Crippen molar-refractivity contribution in [2.24, 2.45) is 0 Å². The Morgan fingerprint density at radius 3 is 2.58 bits per heavy atom. The fourth-order valence-electron chi connectivity index (χ4n) is 3.27. The first-order chi connectivity index (χ1) is 12.5. The van der Waals surface area contributed by atoms with Crippen molar-refractivity contribution >= 4 is 11.9 Å². The smallest absolute Gasteiger partial charge is 0.390 e. The number of nitro groups is 1. The average Bonchev–Trinajstić information content (AvgIpc) is 3.10. The second-order valence-electron chi connectivity index (χ2n) is 6.44. The molecule has 26 heavy (non-hydrogen) atoms. The first-order valence-electron chi connectivity index (χ1n) is 8.60. The maximum absolute atomic E-state index is 13.1. The second kappa shape index (κ2) is 8.03. The van der Waals surface area contributed by atoms with Crippen LogP contribution in [0.15, 0.2) is 30.6 Å². The summed E-state index contributed by atoms with van der Waals surface area (Å²) in [5.74, 6) is -1.03. The summed E-state index contributed by atoms with van der Waals surface area (Å²) >= 11 is 0. The molecule has 138 valence electrons. The maximum Gasteiger partial charge on any atom is 0.490 e. The molecule has 1 amide bonds. The molecule has 1 aliphatic carbocycles. The van der Waals surface area contributed by atoms with Crippen LogP contribution in [0.4, 0.5) is 10.3 Å². The number of nitrogens with zero attached hydrogens (tertiary/aromatic N) is 5. The molecule has 0 N–H and O–H groups in total. The first kappa shape index (κ1) is 18.0. The Morgan fingerprint density at radius 1 is 1.27 bits per heavy atom. The highest BCUT2D eigenvalue weighted by molar-refractivity contribution is 5.76. The quantitative estimate of drug-likeness (QED) is 0.582. The molecule has 1 aromatic heterocycles. The standard InChI is InChI=1S/C17H20FN5O3/c18-14-8-6-13(7-9-14)10-22(15-4-2-1-3-5-15)16(24)11-21-12-19-17(20-21)23(25)26/h6-9,12,15H,1-5,10-11H2. The average molecular weight is 361 g/mol. The van der Waals surface area contributed by atoms with Crippen molar-refractivity contribution in [1.29, 1.82) is 0 Å². The molecule has 1 aromatic carbocycles. The Kier molecular flexibility index (Phi) is 5.55.